The Hall–Kier alpha value is -0.240. The zero-order chi connectivity index (χ0) is 5.28. The molecule has 0 aromatic heterocycles. The molecule has 0 aliphatic heterocycles. The van der Waals surface area contributed by atoms with Crippen LogP contribution in [0.3, 0.4) is 0 Å². The van der Waals surface area contributed by atoms with Gasteiger partial charge in [-0.15, -0.1) is 0 Å². The van der Waals surface area contributed by atoms with Crippen LogP contribution >= 0.6 is 12.2 Å². The summed E-state index contributed by atoms with van der Waals surface area (Å²) in [5.74, 6) is 0. The second-order valence-corrected chi connectivity index (χ2v) is 2.25. The summed E-state index contributed by atoms with van der Waals surface area (Å²) in [4.78, 5) is 0.875. The Morgan fingerprint density at radius 1 is 1.43 bits per heavy atom. The normalized spacial score (nSPS) is 21.1. The molecule has 0 atom stereocenters. The molecule has 1 rings (SSSR count). The fraction of sp³-hybridized carbons (Fsp3) is 0.600. The van der Waals surface area contributed by atoms with Gasteiger partial charge in [0, 0.05) is 10.6 Å². The van der Waals surface area contributed by atoms with E-state index in [0.29, 0.717) is 5.71 Å². The molecule has 1 aliphatic rings. The van der Waals surface area contributed by atoms with E-state index in [2.05, 4.69) is 0 Å². The van der Waals surface area contributed by atoms with Crippen LogP contribution in [-0.4, -0.2) is 10.6 Å². The summed E-state index contributed by atoms with van der Waals surface area (Å²) in [6, 6.07) is 0. The van der Waals surface area contributed by atoms with E-state index in [1.54, 1.807) is 0 Å². The van der Waals surface area contributed by atoms with Crippen LogP contribution in [0.15, 0.2) is 0 Å². The molecule has 1 nitrogen and oxygen atoms in total. The second-order valence-electron chi connectivity index (χ2n) is 1.76. The summed E-state index contributed by atoms with van der Waals surface area (Å²) in [5.41, 5.74) is 0.690. The summed E-state index contributed by atoms with van der Waals surface area (Å²) in [7, 11) is 0. The van der Waals surface area contributed by atoms with E-state index in [9.17, 15) is 0 Å². The standard InChI is InChI=1S/C5H7NS/c6-4-2-1-3-5(4)7/h6H,1-3H2. The molecule has 0 unspecified atom stereocenters. The predicted molar refractivity (Wildman–Crippen MR) is 34.2 cm³/mol. The summed E-state index contributed by atoms with van der Waals surface area (Å²) < 4.78 is 0. The van der Waals surface area contributed by atoms with E-state index < -0.39 is 0 Å². The van der Waals surface area contributed by atoms with Crippen molar-refractivity contribution in [2.24, 2.45) is 0 Å². The highest BCUT2D eigenvalue weighted by molar-refractivity contribution is 7.82. The largest absolute Gasteiger partial charge is 0.304 e. The molecule has 1 N–H and O–H groups in total. The van der Waals surface area contributed by atoms with E-state index in [0.717, 1.165) is 24.1 Å². The highest BCUT2D eigenvalue weighted by atomic mass is 32.1. The lowest BCUT2D eigenvalue weighted by Gasteiger charge is -1.82. The topological polar surface area (TPSA) is 23.9 Å². The first kappa shape index (κ1) is 4.91. The van der Waals surface area contributed by atoms with E-state index in [4.69, 9.17) is 17.6 Å². The molecule has 0 aromatic rings. The fourth-order valence-corrected chi connectivity index (χ4v) is 0.962. The minimum absolute atomic E-state index is 0.690. The Bertz CT molecular complexity index is 103. The molecular formula is C5H7NS. The van der Waals surface area contributed by atoms with Gasteiger partial charge in [0.1, 0.15) is 0 Å². The van der Waals surface area contributed by atoms with E-state index in [1.165, 1.54) is 0 Å². The van der Waals surface area contributed by atoms with Gasteiger partial charge in [0.15, 0.2) is 0 Å². The maximum absolute atomic E-state index is 7.11. The Labute approximate surface area is 48.2 Å². The molecule has 38 valence electrons. The van der Waals surface area contributed by atoms with E-state index in [-0.39, 0.29) is 0 Å². The molecular weight excluding hydrogens is 106 g/mol. The third kappa shape index (κ3) is 0.855. The quantitative estimate of drug-likeness (QED) is 0.473. The molecule has 0 bridgehead atoms. The third-order valence-electron chi connectivity index (χ3n) is 1.17. The zero-order valence-corrected chi connectivity index (χ0v) is 4.85. The molecule has 0 radical (unpaired) electrons. The van der Waals surface area contributed by atoms with Crippen LogP contribution in [0.5, 0.6) is 0 Å². The van der Waals surface area contributed by atoms with Gasteiger partial charge in [0.25, 0.3) is 0 Å². The first-order chi connectivity index (χ1) is 3.30. The summed E-state index contributed by atoms with van der Waals surface area (Å²) in [5, 5.41) is 7.11. The van der Waals surface area contributed by atoms with Crippen molar-refractivity contribution in [1.29, 1.82) is 5.41 Å². The van der Waals surface area contributed by atoms with Gasteiger partial charge in [-0.3, -0.25) is 0 Å². The highest BCUT2D eigenvalue weighted by Gasteiger charge is 2.11. The number of nitrogens with one attached hydrogen (secondary N) is 1. The Morgan fingerprint density at radius 2 is 2.14 bits per heavy atom. The molecule has 1 aliphatic carbocycles. The van der Waals surface area contributed by atoms with Gasteiger partial charge in [-0.05, 0) is 19.3 Å². The van der Waals surface area contributed by atoms with Crippen molar-refractivity contribution < 1.29 is 0 Å². The van der Waals surface area contributed by atoms with Gasteiger partial charge in [0.2, 0.25) is 0 Å². The van der Waals surface area contributed by atoms with Crippen LogP contribution < -0.4 is 0 Å². The van der Waals surface area contributed by atoms with Crippen molar-refractivity contribution >= 4 is 22.8 Å². The minimum atomic E-state index is 0.690. The van der Waals surface area contributed by atoms with Gasteiger partial charge >= 0.3 is 0 Å². The average Bonchev–Trinajstić information content (AvgIpc) is 1.91. The maximum Gasteiger partial charge on any atom is 0.0453 e. The minimum Gasteiger partial charge on any atom is -0.304 e. The van der Waals surface area contributed by atoms with Crippen LogP contribution in [0.25, 0.3) is 0 Å². The van der Waals surface area contributed by atoms with Crippen LogP contribution in [0.4, 0.5) is 0 Å². The summed E-state index contributed by atoms with van der Waals surface area (Å²) in [6.07, 6.45) is 3.00. The first-order valence-corrected chi connectivity index (χ1v) is 2.82. The summed E-state index contributed by atoms with van der Waals surface area (Å²) in [6.45, 7) is 0. The highest BCUT2D eigenvalue weighted by Crippen LogP contribution is 2.10. The van der Waals surface area contributed by atoms with Gasteiger partial charge in [-0.1, -0.05) is 12.2 Å². The van der Waals surface area contributed by atoms with Crippen molar-refractivity contribution in [2.45, 2.75) is 19.3 Å². The van der Waals surface area contributed by atoms with Gasteiger partial charge in [-0.2, -0.15) is 0 Å². The second kappa shape index (κ2) is 1.70. The molecule has 0 saturated heterocycles. The fourth-order valence-electron chi connectivity index (χ4n) is 0.716. The lowest BCUT2D eigenvalue weighted by Crippen LogP contribution is -1.97. The van der Waals surface area contributed by atoms with Crippen LogP contribution in [0, 0.1) is 5.41 Å². The number of rotatable bonds is 0. The summed E-state index contributed by atoms with van der Waals surface area (Å²) >= 11 is 4.82. The van der Waals surface area contributed by atoms with Crippen molar-refractivity contribution in [2.75, 3.05) is 0 Å². The lowest BCUT2D eigenvalue weighted by molar-refractivity contribution is 0.977. The average molecular weight is 113 g/mol. The van der Waals surface area contributed by atoms with E-state index in [1.807, 2.05) is 0 Å². The SMILES string of the molecule is N=C1CCCC1=S. The third-order valence-corrected chi connectivity index (χ3v) is 1.62. The van der Waals surface area contributed by atoms with Gasteiger partial charge in [0.05, 0.1) is 0 Å². The number of hydrogen-bond acceptors (Lipinski definition) is 2. The first-order valence-electron chi connectivity index (χ1n) is 2.41. The van der Waals surface area contributed by atoms with Crippen molar-refractivity contribution in [3.63, 3.8) is 0 Å². The van der Waals surface area contributed by atoms with Crippen LogP contribution in [0.2, 0.25) is 0 Å². The molecule has 7 heavy (non-hydrogen) atoms. The van der Waals surface area contributed by atoms with Crippen molar-refractivity contribution in [3.05, 3.63) is 0 Å². The molecule has 0 heterocycles. The predicted octanol–water partition coefficient (Wildman–Crippen LogP) is 1.56. The Morgan fingerprint density at radius 3 is 2.29 bits per heavy atom. The van der Waals surface area contributed by atoms with Crippen LogP contribution in [0.1, 0.15) is 19.3 Å². The Balaban J connectivity index is 2.65. The van der Waals surface area contributed by atoms with Crippen molar-refractivity contribution in [1.82, 2.24) is 0 Å². The number of hydrogen-bond donors (Lipinski definition) is 1. The molecule has 0 spiro atoms. The molecule has 1 saturated carbocycles. The monoisotopic (exact) mass is 113 g/mol. The number of thiocarbonyl (C=S) groups is 1. The smallest absolute Gasteiger partial charge is 0.0453 e. The molecule has 0 aromatic carbocycles. The van der Waals surface area contributed by atoms with Gasteiger partial charge < -0.3 is 5.41 Å². The molecule has 1 fully saturated rings. The molecule has 2 heteroatoms. The van der Waals surface area contributed by atoms with Crippen molar-refractivity contribution in [3.8, 4) is 0 Å². The molecule has 0 amide bonds. The van der Waals surface area contributed by atoms with Crippen LogP contribution in [-0.2, 0) is 0 Å². The Kier molecular flexibility index (Phi) is 1.19. The van der Waals surface area contributed by atoms with Gasteiger partial charge in [-0.25, -0.2) is 0 Å². The van der Waals surface area contributed by atoms with E-state index >= 15 is 0 Å². The zero-order valence-electron chi connectivity index (χ0n) is 4.03. The maximum atomic E-state index is 7.11. The lowest BCUT2D eigenvalue weighted by atomic mass is 10.3.